The zero-order chi connectivity index (χ0) is 24.7. The second-order valence-corrected chi connectivity index (χ2v) is 10.2. The number of urea groups is 1. The largest absolute Gasteiger partial charge is 0.332 e. The summed E-state index contributed by atoms with van der Waals surface area (Å²) < 4.78 is 0. The van der Waals surface area contributed by atoms with Crippen LogP contribution in [0.4, 0.5) is 10.5 Å². The summed E-state index contributed by atoms with van der Waals surface area (Å²) in [5.41, 5.74) is 3.99. The van der Waals surface area contributed by atoms with Crippen LogP contribution in [0.5, 0.6) is 0 Å². The molecular formula is C28H35N3O2S. The monoisotopic (exact) mass is 477 g/mol. The van der Waals surface area contributed by atoms with Crippen LogP contribution in [0.2, 0.25) is 0 Å². The molecule has 0 aliphatic heterocycles. The smallest absolute Gasteiger partial charge is 0.322 e. The van der Waals surface area contributed by atoms with Crippen molar-refractivity contribution in [2.75, 3.05) is 11.9 Å². The molecule has 3 amide bonds. The SMILES string of the molecule is CCC(C)N(CC(=O)N(Cc1ccccc1)Cc1ccc(C)s1)C(=O)Nc1cccc(C)c1C. The van der Waals surface area contributed by atoms with Crippen LogP contribution < -0.4 is 5.32 Å². The van der Waals surface area contributed by atoms with Gasteiger partial charge in [-0.3, -0.25) is 4.79 Å². The highest BCUT2D eigenvalue weighted by Crippen LogP contribution is 2.21. The van der Waals surface area contributed by atoms with Crippen molar-refractivity contribution >= 4 is 29.0 Å². The molecule has 0 bridgehead atoms. The van der Waals surface area contributed by atoms with Crippen molar-refractivity contribution in [1.82, 2.24) is 9.80 Å². The molecule has 0 saturated carbocycles. The maximum Gasteiger partial charge on any atom is 0.322 e. The number of carbonyl (C=O) groups is 2. The van der Waals surface area contributed by atoms with Crippen LogP contribution >= 0.6 is 11.3 Å². The van der Waals surface area contributed by atoms with Crippen molar-refractivity contribution in [3.8, 4) is 0 Å². The second-order valence-electron chi connectivity index (χ2n) is 8.81. The van der Waals surface area contributed by atoms with E-state index in [0.717, 1.165) is 33.7 Å². The average molecular weight is 478 g/mol. The highest BCUT2D eigenvalue weighted by atomic mass is 32.1. The van der Waals surface area contributed by atoms with Crippen molar-refractivity contribution in [3.05, 3.63) is 87.1 Å². The first-order valence-electron chi connectivity index (χ1n) is 11.8. The lowest BCUT2D eigenvalue weighted by Crippen LogP contribution is -2.47. The van der Waals surface area contributed by atoms with Gasteiger partial charge in [0.25, 0.3) is 0 Å². The van der Waals surface area contributed by atoms with E-state index in [2.05, 4.69) is 24.4 Å². The van der Waals surface area contributed by atoms with Gasteiger partial charge in [-0.1, -0.05) is 49.4 Å². The molecule has 180 valence electrons. The molecule has 6 heteroatoms. The van der Waals surface area contributed by atoms with Crippen LogP contribution in [-0.2, 0) is 17.9 Å². The van der Waals surface area contributed by atoms with Gasteiger partial charge in [0, 0.05) is 28.0 Å². The number of benzene rings is 2. The quantitative estimate of drug-likeness (QED) is 0.381. The number of hydrogen-bond acceptors (Lipinski definition) is 3. The molecule has 3 aromatic rings. The van der Waals surface area contributed by atoms with Gasteiger partial charge in [-0.15, -0.1) is 11.3 Å². The minimum Gasteiger partial charge on any atom is -0.332 e. The number of aryl methyl sites for hydroxylation is 2. The van der Waals surface area contributed by atoms with Crippen molar-refractivity contribution in [2.24, 2.45) is 0 Å². The summed E-state index contributed by atoms with van der Waals surface area (Å²) in [5, 5.41) is 3.03. The van der Waals surface area contributed by atoms with Crippen molar-refractivity contribution in [3.63, 3.8) is 0 Å². The van der Waals surface area contributed by atoms with E-state index in [0.29, 0.717) is 13.1 Å². The molecular weight excluding hydrogens is 442 g/mol. The summed E-state index contributed by atoms with van der Waals surface area (Å²) >= 11 is 1.70. The molecule has 3 rings (SSSR count). The Labute approximate surface area is 207 Å². The van der Waals surface area contributed by atoms with Gasteiger partial charge in [-0.25, -0.2) is 4.79 Å². The van der Waals surface area contributed by atoms with Crippen molar-refractivity contribution in [2.45, 2.75) is 60.2 Å². The molecule has 0 saturated heterocycles. The number of amides is 3. The summed E-state index contributed by atoms with van der Waals surface area (Å²) in [4.78, 5) is 32.7. The van der Waals surface area contributed by atoms with Gasteiger partial charge in [0.05, 0.1) is 6.54 Å². The molecule has 0 aliphatic carbocycles. The molecule has 1 N–H and O–H groups in total. The third-order valence-electron chi connectivity index (χ3n) is 6.25. The Hall–Kier alpha value is -3.12. The van der Waals surface area contributed by atoms with Crippen LogP contribution in [0.25, 0.3) is 0 Å². The molecule has 1 aromatic heterocycles. The Morgan fingerprint density at radius 3 is 2.32 bits per heavy atom. The highest BCUT2D eigenvalue weighted by molar-refractivity contribution is 7.11. The Morgan fingerprint density at radius 1 is 0.941 bits per heavy atom. The van der Waals surface area contributed by atoms with E-state index < -0.39 is 0 Å². The number of nitrogens with zero attached hydrogens (tertiary/aromatic N) is 2. The summed E-state index contributed by atoms with van der Waals surface area (Å²) in [7, 11) is 0. The molecule has 0 spiro atoms. The first kappa shape index (κ1) is 25.5. The molecule has 0 radical (unpaired) electrons. The lowest BCUT2D eigenvalue weighted by molar-refractivity contribution is -0.133. The first-order valence-corrected chi connectivity index (χ1v) is 12.6. The van der Waals surface area contributed by atoms with Crippen LogP contribution in [0.15, 0.2) is 60.7 Å². The van der Waals surface area contributed by atoms with Gasteiger partial charge in [0.2, 0.25) is 5.91 Å². The summed E-state index contributed by atoms with van der Waals surface area (Å²) in [6.07, 6.45) is 0.760. The number of thiophene rings is 1. The zero-order valence-corrected chi connectivity index (χ0v) is 21.6. The number of anilines is 1. The average Bonchev–Trinajstić information content (AvgIpc) is 3.24. The lowest BCUT2D eigenvalue weighted by Gasteiger charge is -2.31. The van der Waals surface area contributed by atoms with Crippen LogP contribution in [-0.4, -0.2) is 34.3 Å². The van der Waals surface area contributed by atoms with Gasteiger partial charge in [0.1, 0.15) is 6.54 Å². The van der Waals surface area contributed by atoms with Gasteiger partial charge in [-0.05, 0) is 69.0 Å². The van der Waals surface area contributed by atoms with Crippen LogP contribution in [0, 0.1) is 20.8 Å². The lowest BCUT2D eigenvalue weighted by atomic mass is 10.1. The Kier molecular flexibility index (Phi) is 8.88. The fourth-order valence-corrected chi connectivity index (χ4v) is 4.67. The third kappa shape index (κ3) is 6.70. The number of nitrogens with one attached hydrogen (secondary N) is 1. The fraction of sp³-hybridized carbons (Fsp3) is 0.357. The second kappa shape index (κ2) is 11.8. The Balaban J connectivity index is 1.80. The Morgan fingerprint density at radius 2 is 1.68 bits per heavy atom. The van der Waals surface area contributed by atoms with E-state index >= 15 is 0 Å². The minimum absolute atomic E-state index is 0.0306. The molecule has 5 nitrogen and oxygen atoms in total. The third-order valence-corrected chi connectivity index (χ3v) is 7.23. The zero-order valence-electron chi connectivity index (χ0n) is 20.8. The molecule has 0 fully saturated rings. The predicted octanol–water partition coefficient (Wildman–Crippen LogP) is 6.53. The van der Waals surface area contributed by atoms with Crippen molar-refractivity contribution < 1.29 is 9.59 Å². The number of rotatable bonds is 9. The predicted molar refractivity (Wildman–Crippen MR) is 141 cm³/mol. The fourth-order valence-electron chi connectivity index (χ4n) is 3.76. The summed E-state index contributed by atoms with van der Waals surface area (Å²) in [6, 6.07) is 19.7. The van der Waals surface area contributed by atoms with Crippen LogP contribution in [0.3, 0.4) is 0 Å². The van der Waals surface area contributed by atoms with E-state index in [1.165, 1.54) is 4.88 Å². The minimum atomic E-state index is -0.247. The molecule has 34 heavy (non-hydrogen) atoms. The van der Waals surface area contributed by atoms with Gasteiger partial charge in [-0.2, -0.15) is 0 Å². The maximum absolute atomic E-state index is 13.6. The Bertz CT molecular complexity index is 1110. The molecule has 0 aliphatic rings. The normalized spacial score (nSPS) is 11.7. The number of carbonyl (C=O) groups excluding carboxylic acids is 2. The maximum atomic E-state index is 13.6. The van der Waals surface area contributed by atoms with Gasteiger partial charge < -0.3 is 15.1 Å². The highest BCUT2D eigenvalue weighted by Gasteiger charge is 2.26. The van der Waals surface area contributed by atoms with Gasteiger partial charge in [0.15, 0.2) is 0 Å². The summed E-state index contributed by atoms with van der Waals surface area (Å²) in [6.45, 7) is 11.2. The van der Waals surface area contributed by atoms with E-state index in [9.17, 15) is 9.59 Å². The van der Waals surface area contributed by atoms with E-state index in [1.807, 2.05) is 81.1 Å². The van der Waals surface area contributed by atoms with Gasteiger partial charge >= 0.3 is 6.03 Å². The van der Waals surface area contributed by atoms with Crippen LogP contribution in [0.1, 0.15) is 46.7 Å². The van der Waals surface area contributed by atoms with E-state index in [1.54, 1.807) is 16.2 Å². The van der Waals surface area contributed by atoms with Crippen molar-refractivity contribution in [1.29, 1.82) is 0 Å². The van der Waals surface area contributed by atoms with E-state index in [-0.39, 0.29) is 24.5 Å². The summed E-state index contributed by atoms with van der Waals surface area (Å²) in [5.74, 6) is -0.0636. The van der Waals surface area contributed by atoms with E-state index in [4.69, 9.17) is 0 Å². The molecule has 1 unspecified atom stereocenters. The number of hydrogen-bond donors (Lipinski definition) is 1. The standard InChI is InChI=1S/C28H35N3O2S/c1-6-21(3)31(28(33)29-26-14-10-11-20(2)23(26)5)19-27(32)30(17-24-12-8-7-9-13-24)18-25-16-15-22(4)34-25/h7-16,21H,6,17-19H2,1-5H3,(H,29,33). The molecule has 2 aromatic carbocycles. The molecule has 1 heterocycles. The molecule has 1 atom stereocenters. The first-order chi connectivity index (χ1) is 16.3. The topological polar surface area (TPSA) is 52.7 Å².